The van der Waals surface area contributed by atoms with E-state index in [0.717, 1.165) is 18.6 Å². The van der Waals surface area contributed by atoms with Gasteiger partial charge >= 0.3 is 5.97 Å². The number of furan rings is 1. The van der Waals surface area contributed by atoms with Crippen molar-refractivity contribution in [2.45, 2.75) is 45.4 Å². The van der Waals surface area contributed by atoms with Crippen LogP contribution >= 0.6 is 0 Å². The van der Waals surface area contributed by atoms with Gasteiger partial charge in [0.25, 0.3) is 0 Å². The van der Waals surface area contributed by atoms with Crippen molar-refractivity contribution >= 4 is 5.97 Å². The molecule has 0 N–H and O–H groups in total. The normalized spacial score (nSPS) is 12.8. The van der Waals surface area contributed by atoms with E-state index < -0.39 is 0 Å². The Balaban J connectivity index is 2.57. The second-order valence-corrected chi connectivity index (χ2v) is 4.23. The highest BCUT2D eigenvalue weighted by molar-refractivity contribution is 5.82. The third kappa shape index (κ3) is 5.21. The van der Waals surface area contributed by atoms with Crippen LogP contribution in [-0.4, -0.2) is 12.6 Å². The third-order valence-electron chi connectivity index (χ3n) is 2.78. The molecule has 0 spiro atoms. The van der Waals surface area contributed by atoms with E-state index in [9.17, 15) is 4.79 Å². The van der Waals surface area contributed by atoms with Gasteiger partial charge in [0.1, 0.15) is 5.76 Å². The molecule has 0 bridgehead atoms. The molecule has 1 aromatic heterocycles. The molecule has 100 valence electrons. The summed E-state index contributed by atoms with van der Waals surface area (Å²) < 4.78 is 10.3. The maximum Gasteiger partial charge on any atom is 0.330 e. The third-order valence-corrected chi connectivity index (χ3v) is 2.78. The zero-order valence-corrected chi connectivity index (χ0v) is 11.2. The first-order chi connectivity index (χ1) is 8.77. The Kier molecular flexibility index (Phi) is 6.92. The molecule has 0 fully saturated rings. The minimum atomic E-state index is -0.287. The van der Waals surface area contributed by atoms with Crippen LogP contribution in [0, 0.1) is 0 Å². The van der Waals surface area contributed by atoms with Crippen LogP contribution in [0.1, 0.15) is 51.2 Å². The number of hydrogen-bond donors (Lipinski definition) is 0. The smallest absolute Gasteiger partial charge is 0.330 e. The maximum absolute atomic E-state index is 11.3. The maximum atomic E-state index is 11.3. The van der Waals surface area contributed by atoms with Crippen LogP contribution in [0.15, 0.2) is 35.0 Å². The first kappa shape index (κ1) is 14.6. The average Bonchev–Trinajstić information content (AvgIpc) is 2.87. The van der Waals surface area contributed by atoms with Crippen molar-refractivity contribution in [3.05, 3.63) is 36.3 Å². The summed E-state index contributed by atoms with van der Waals surface area (Å²) in [5, 5.41) is 0. The SMILES string of the molecule is CCCCCC(/C=C/C(=O)OCC)c1ccco1. The lowest BCUT2D eigenvalue weighted by molar-refractivity contribution is -0.137. The summed E-state index contributed by atoms with van der Waals surface area (Å²) in [5.41, 5.74) is 0. The molecule has 1 rings (SSSR count). The van der Waals surface area contributed by atoms with E-state index >= 15 is 0 Å². The summed E-state index contributed by atoms with van der Waals surface area (Å²) in [7, 11) is 0. The van der Waals surface area contributed by atoms with E-state index in [-0.39, 0.29) is 11.9 Å². The number of ether oxygens (including phenoxy) is 1. The molecule has 0 amide bonds. The topological polar surface area (TPSA) is 39.4 Å². The van der Waals surface area contributed by atoms with E-state index in [1.807, 2.05) is 18.2 Å². The van der Waals surface area contributed by atoms with Crippen LogP contribution in [0.5, 0.6) is 0 Å². The highest BCUT2D eigenvalue weighted by atomic mass is 16.5. The molecule has 3 nitrogen and oxygen atoms in total. The molecule has 0 saturated carbocycles. The van der Waals surface area contributed by atoms with Crippen molar-refractivity contribution < 1.29 is 13.9 Å². The number of carbonyl (C=O) groups is 1. The summed E-state index contributed by atoms with van der Waals surface area (Å²) >= 11 is 0. The van der Waals surface area contributed by atoms with Crippen molar-refractivity contribution in [3.63, 3.8) is 0 Å². The Hall–Kier alpha value is -1.51. The minimum absolute atomic E-state index is 0.163. The molecule has 1 unspecified atom stereocenters. The van der Waals surface area contributed by atoms with E-state index in [1.165, 1.54) is 18.9 Å². The van der Waals surface area contributed by atoms with Gasteiger partial charge in [-0.05, 0) is 25.5 Å². The van der Waals surface area contributed by atoms with Crippen molar-refractivity contribution in [2.24, 2.45) is 0 Å². The Morgan fingerprint density at radius 3 is 2.89 bits per heavy atom. The van der Waals surface area contributed by atoms with Gasteiger partial charge in [0.2, 0.25) is 0 Å². The van der Waals surface area contributed by atoms with Crippen LogP contribution < -0.4 is 0 Å². The molecular weight excluding hydrogens is 228 g/mol. The highest BCUT2D eigenvalue weighted by Gasteiger charge is 2.11. The summed E-state index contributed by atoms with van der Waals surface area (Å²) in [6, 6.07) is 3.83. The second kappa shape index (κ2) is 8.56. The Morgan fingerprint density at radius 1 is 1.44 bits per heavy atom. The van der Waals surface area contributed by atoms with Gasteiger partial charge in [0, 0.05) is 12.0 Å². The molecule has 0 radical (unpaired) electrons. The number of allylic oxidation sites excluding steroid dienone is 1. The molecule has 1 aromatic rings. The van der Waals surface area contributed by atoms with Gasteiger partial charge in [-0.1, -0.05) is 32.3 Å². The van der Waals surface area contributed by atoms with E-state index in [0.29, 0.717) is 6.61 Å². The predicted octanol–water partition coefficient (Wildman–Crippen LogP) is 4.06. The quantitative estimate of drug-likeness (QED) is 0.397. The fraction of sp³-hybridized carbons (Fsp3) is 0.533. The predicted molar refractivity (Wildman–Crippen MR) is 71.4 cm³/mol. The molecule has 1 atom stereocenters. The standard InChI is InChI=1S/C15H22O3/c1-3-5-6-8-13(14-9-7-12-18-14)10-11-15(16)17-4-2/h7,9-13H,3-6,8H2,1-2H3/b11-10+. The van der Waals surface area contributed by atoms with E-state index in [2.05, 4.69) is 6.92 Å². The van der Waals surface area contributed by atoms with Crippen molar-refractivity contribution in [3.8, 4) is 0 Å². The van der Waals surface area contributed by atoms with Gasteiger partial charge in [-0.2, -0.15) is 0 Å². The van der Waals surface area contributed by atoms with Crippen molar-refractivity contribution in [2.75, 3.05) is 6.61 Å². The van der Waals surface area contributed by atoms with Gasteiger partial charge < -0.3 is 9.15 Å². The lowest BCUT2D eigenvalue weighted by atomic mass is 9.98. The summed E-state index contributed by atoms with van der Waals surface area (Å²) in [6.07, 6.45) is 9.57. The molecule has 0 aliphatic rings. The lowest BCUT2D eigenvalue weighted by Crippen LogP contribution is -2.01. The van der Waals surface area contributed by atoms with Crippen LogP contribution in [0.2, 0.25) is 0 Å². The molecular formula is C15H22O3. The van der Waals surface area contributed by atoms with E-state index in [1.54, 1.807) is 13.2 Å². The van der Waals surface area contributed by atoms with Crippen LogP contribution in [-0.2, 0) is 9.53 Å². The largest absolute Gasteiger partial charge is 0.469 e. The molecule has 18 heavy (non-hydrogen) atoms. The second-order valence-electron chi connectivity index (χ2n) is 4.23. The van der Waals surface area contributed by atoms with E-state index in [4.69, 9.17) is 9.15 Å². The summed E-state index contributed by atoms with van der Waals surface area (Å²) in [5.74, 6) is 0.784. The number of rotatable bonds is 8. The summed E-state index contributed by atoms with van der Waals surface area (Å²) in [4.78, 5) is 11.3. The van der Waals surface area contributed by atoms with Gasteiger partial charge in [0.05, 0.1) is 12.9 Å². The first-order valence-electron chi connectivity index (χ1n) is 6.66. The number of carbonyl (C=O) groups excluding carboxylic acids is 1. The van der Waals surface area contributed by atoms with Crippen molar-refractivity contribution in [1.29, 1.82) is 0 Å². The fourth-order valence-electron chi connectivity index (χ4n) is 1.83. The highest BCUT2D eigenvalue weighted by Crippen LogP contribution is 2.24. The number of hydrogen-bond acceptors (Lipinski definition) is 3. The average molecular weight is 250 g/mol. The zero-order valence-electron chi connectivity index (χ0n) is 11.2. The first-order valence-corrected chi connectivity index (χ1v) is 6.66. The van der Waals surface area contributed by atoms with Crippen LogP contribution in [0.25, 0.3) is 0 Å². The minimum Gasteiger partial charge on any atom is -0.469 e. The number of esters is 1. The van der Waals surface area contributed by atoms with Crippen LogP contribution in [0.4, 0.5) is 0 Å². The molecule has 3 heteroatoms. The van der Waals surface area contributed by atoms with Gasteiger partial charge in [0.15, 0.2) is 0 Å². The molecule has 1 heterocycles. The van der Waals surface area contributed by atoms with Crippen LogP contribution in [0.3, 0.4) is 0 Å². The lowest BCUT2D eigenvalue weighted by Gasteiger charge is -2.09. The molecule has 0 aliphatic heterocycles. The monoisotopic (exact) mass is 250 g/mol. The fourth-order valence-corrected chi connectivity index (χ4v) is 1.83. The molecule has 0 saturated heterocycles. The Bertz CT molecular complexity index is 352. The Labute approximate surface area is 109 Å². The number of unbranched alkanes of at least 4 members (excludes halogenated alkanes) is 2. The van der Waals surface area contributed by atoms with Gasteiger partial charge in [-0.25, -0.2) is 4.79 Å². The molecule has 0 aromatic carbocycles. The molecule has 0 aliphatic carbocycles. The summed E-state index contributed by atoms with van der Waals surface area (Å²) in [6.45, 7) is 4.39. The van der Waals surface area contributed by atoms with Gasteiger partial charge in [-0.3, -0.25) is 0 Å². The Morgan fingerprint density at radius 2 is 2.28 bits per heavy atom. The zero-order chi connectivity index (χ0) is 13.2. The van der Waals surface area contributed by atoms with Crippen molar-refractivity contribution in [1.82, 2.24) is 0 Å². The van der Waals surface area contributed by atoms with Gasteiger partial charge in [-0.15, -0.1) is 0 Å².